The maximum absolute atomic E-state index is 13.9. The Morgan fingerprint density at radius 3 is 2.18 bits per heavy atom. The van der Waals surface area contributed by atoms with E-state index in [-0.39, 0.29) is 23.4 Å². The lowest BCUT2D eigenvalue weighted by Gasteiger charge is -2.33. The van der Waals surface area contributed by atoms with Gasteiger partial charge >= 0.3 is 0 Å². The van der Waals surface area contributed by atoms with E-state index in [1.54, 1.807) is 38.1 Å². The third kappa shape index (κ3) is 7.58. The molecule has 0 unspecified atom stereocenters. The number of hydrogen-bond donors (Lipinski definition) is 1. The lowest BCUT2D eigenvalue weighted by molar-refractivity contribution is -0.139. The molecule has 1 N–H and O–H groups in total. The number of nitrogens with one attached hydrogen (secondary N) is 1. The number of anilines is 1. The summed E-state index contributed by atoms with van der Waals surface area (Å²) in [6.07, 6.45) is 0.699. The zero-order chi connectivity index (χ0) is 28.7. The molecule has 7 nitrogen and oxygen atoms in total. The number of benzene rings is 3. The fraction of sp³-hybridized carbons (Fsp3) is 0.310. The van der Waals surface area contributed by atoms with Gasteiger partial charge in [-0.15, -0.1) is 0 Å². The molecule has 0 bridgehead atoms. The molecule has 2 atom stereocenters. The van der Waals surface area contributed by atoms with E-state index < -0.39 is 34.3 Å². The summed E-state index contributed by atoms with van der Waals surface area (Å²) in [5.41, 5.74) is 1.57. The highest BCUT2D eigenvalue weighted by Gasteiger charge is 2.33. The van der Waals surface area contributed by atoms with E-state index in [2.05, 4.69) is 5.32 Å². The summed E-state index contributed by atoms with van der Waals surface area (Å²) >= 11 is 5.98. The first kappa shape index (κ1) is 30.1. The highest BCUT2D eigenvalue weighted by Crippen LogP contribution is 2.28. The number of halogens is 2. The maximum atomic E-state index is 13.9. The molecule has 10 heteroatoms. The van der Waals surface area contributed by atoms with Gasteiger partial charge in [-0.2, -0.15) is 0 Å². The molecule has 3 rings (SSSR count). The van der Waals surface area contributed by atoms with Gasteiger partial charge in [-0.05, 0) is 80.8 Å². The standard InChI is InChI=1S/C29H33ClFN3O4S/c1-5-21(3)32-29(36)22(4)33(18-23-10-14-25(31)15-11-23)28(35)19-34(27-9-7-6-8-20(27)2)39(37,38)26-16-12-24(30)13-17-26/h6-17,21-22H,5,18-19H2,1-4H3,(H,32,36)/t21-,22-/m1/s1. The molecule has 208 valence electrons. The van der Waals surface area contributed by atoms with Gasteiger partial charge in [0.15, 0.2) is 0 Å². The molecule has 0 fully saturated rings. The Morgan fingerprint density at radius 2 is 1.59 bits per heavy atom. The normalized spacial score (nSPS) is 12.9. The van der Waals surface area contributed by atoms with E-state index >= 15 is 0 Å². The summed E-state index contributed by atoms with van der Waals surface area (Å²) in [4.78, 5) is 28.2. The molecule has 0 heterocycles. The second kappa shape index (κ2) is 13.1. The van der Waals surface area contributed by atoms with Gasteiger partial charge in [0.05, 0.1) is 10.6 Å². The van der Waals surface area contributed by atoms with Crippen LogP contribution in [0.4, 0.5) is 10.1 Å². The Labute approximate surface area is 234 Å². The predicted molar refractivity (Wildman–Crippen MR) is 151 cm³/mol. The van der Waals surface area contributed by atoms with Gasteiger partial charge in [-0.25, -0.2) is 12.8 Å². The molecule has 0 aliphatic carbocycles. The van der Waals surface area contributed by atoms with Crippen molar-refractivity contribution in [1.29, 1.82) is 0 Å². The number of para-hydroxylation sites is 1. The molecule has 0 saturated carbocycles. The van der Waals surface area contributed by atoms with E-state index in [1.807, 2.05) is 13.8 Å². The molecule has 3 aromatic rings. The van der Waals surface area contributed by atoms with Crippen LogP contribution < -0.4 is 9.62 Å². The van der Waals surface area contributed by atoms with Crippen LogP contribution in [0.15, 0.2) is 77.7 Å². The molecule has 3 aromatic carbocycles. The summed E-state index contributed by atoms with van der Waals surface area (Å²) in [5.74, 6) is -1.39. The summed E-state index contributed by atoms with van der Waals surface area (Å²) in [7, 11) is -4.19. The van der Waals surface area contributed by atoms with Crippen molar-refractivity contribution >= 4 is 39.1 Å². The Balaban J connectivity index is 2.03. The van der Waals surface area contributed by atoms with Crippen molar-refractivity contribution in [2.75, 3.05) is 10.8 Å². The van der Waals surface area contributed by atoms with Gasteiger partial charge in [0.1, 0.15) is 18.4 Å². The summed E-state index contributed by atoms with van der Waals surface area (Å²) in [6.45, 7) is 6.55. The Hall–Kier alpha value is -3.43. The molecule has 0 aliphatic heterocycles. The highest BCUT2D eigenvalue weighted by atomic mass is 35.5. The molecule has 0 aliphatic rings. The van der Waals surface area contributed by atoms with Gasteiger partial charge in [0.25, 0.3) is 10.0 Å². The number of hydrogen-bond acceptors (Lipinski definition) is 4. The largest absolute Gasteiger partial charge is 0.352 e. The van der Waals surface area contributed by atoms with Crippen LogP contribution in [0.25, 0.3) is 0 Å². The van der Waals surface area contributed by atoms with Crippen molar-refractivity contribution in [1.82, 2.24) is 10.2 Å². The van der Waals surface area contributed by atoms with Crippen molar-refractivity contribution in [3.63, 3.8) is 0 Å². The first-order valence-electron chi connectivity index (χ1n) is 12.6. The molecular formula is C29H33ClFN3O4S. The SMILES string of the molecule is CC[C@@H](C)NC(=O)[C@@H](C)N(Cc1ccc(F)cc1)C(=O)CN(c1ccccc1C)S(=O)(=O)c1ccc(Cl)cc1. The lowest BCUT2D eigenvalue weighted by atomic mass is 10.1. The van der Waals surface area contributed by atoms with E-state index in [1.165, 1.54) is 53.4 Å². The van der Waals surface area contributed by atoms with Gasteiger partial charge in [0, 0.05) is 17.6 Å². The summed E-state index contributed by atoms with van der Waals surface area (Å²) in [6, 6.07) is 17.1. The zero-order valence-electron chi connectivity index (χ0n) is 22.4. The van der Waals surface area contributed by atoms with Gasteiger partial charge in [-0.1, -0.05) is 48.9 Å². The average Bonchev–Trinajstić information content (AvgIpc) is 2.91. The van der Waals surface area contributed by atoms with Crippen LogP contribution in [0.1, 0.15) is 38.3 Å². The van der Waals surface area contributed by atoms with Crippen LogP contribution in [0.2, 0.25) is 5.02 Å². The van der Waals surface area contributed by atoms with E-state index in [0.717, 1.165) is 4.31 Å². The van der Waals surface area contributed by atoms with Crippen LogP contribution in [0.5, 0.6) is 0 Å². The molecular weight excluding hydrogens is 541 g/mol. The van der Waals surface area contributed by atoms with Gasteiger partial charge < -0.3 is 10.2 Å². The molecule has 0 radical (unpaired) electrons. The van der Waals surface area contributed by atoms with E-state index in [9.17, 15) is 22.4 Å². The number of carbonyl (C=O) groups excluding carboxylic acids is 2. The Kier molecular flexibility index (Phi) is 10.1. The van der Waals surface area contributed by atoms with E-state index in [0.29, 0.717) is 28.3 Å². The molecule has 39 heavy (non-hydrogen) atoms. The Bertz CT molecular complexity index is 1400. The number of aryl methyl sites for hydroxylation is 1. The van der Waals surface area contributed by atoms with Crippen LogP contribution in [-0.4, -0.2) is 43.8 Å². The molecule has 0 saturated heterocycles. The lowest BCUT2D eigenvalue weighted by Crippen LogP contribution is -2.52. The maximum Gasteiger partial charge on any atom is 0.264 e. The van der Waals surface area contributed by atoms with Crippen molar-refractivity contribution in [2.45, 2.75) is 57.6 Å². The number of rotatable bonds is 11. The minimum Gasteiger partial charge on any atom is -0.352 e. The first-order valence-corrected chi connectivity index (χ1v) is 14.4. The monoisotopic (exact) mass is 573 g/mol. The minimum atomic E-state index is -4.19. The molecule has 0 aromatic heterocycles. The number of carbonyl (C=O) groups is 2. The zero-order valence-corrected chi connectivity index (χ0v) is 24.0. The van der Waals surface area contributed by atoms with Crippen molar-refractivity contribution in [2.24, 2.45) is 0 Å². The highest BCUT2D eigenvalue weighted by molar-refractivity contribution is 7.92. The van der Waals surface area contributed by atoms with Crippen LogP contribution in [0, 0.1) is 12.7 Å². The fourth-order valence-electron chi connectivity index (χ4n) is 3.93. The topological polar surface area (TPSA) is 86.8 Å². The summed E-state index contributed by atoms with van der Waals surface area (Å²) in [5, 5.41) is 3.25. The molecule has 0 spiro atoms. The van der Waals surface area contributed by atoms with E-state index in [4.69, 9.17) is 11.6 Å². The van der Waals surface area contributed by atoms with Crippen LogP contribution >= 0.6 is 11.6 Å². The van der Waals surface area contributed by atoms with Crippen molar-refractivity contribution in [3.05, 3.63) is 94.8 Å². The third-order valence-electron chi connectivity index (χ3n) is 6.50. The number of sulfonamides is 1. The fourth-order valence-corrected chi connectivity index (χ4v) is 5.53. The average molecular weight is 574 g/mol. The smallest absolute Gasteiger partial charge is 0.264 e. The molecule has 2 amide bonds. The first-order chi connectivity index (χ1) is 18.4. The predicted octanol–water partition coefficient (Wildman–Crippen LogP) is 5.31. The third-order valence-corrected chi connectivity index (χ3v) is 8.53. The minimum absolute atomic E-state index is 0.0171. The van der Waals surface area contributed by atoms with Crippen LogP contribution in [-0.2, 0) is 26.2 Å². The Morgan fingerprint density at radius 1 is 0.974 bits per heavy atom. The second-order valence-electron chi connectivity index (χ2n) is 9.39. The number of amides is 2. The van der Waals surface area contributed by atoms with Gasteiger partial charge in [-0.3, -0.25) is 13.9 Å². The second-order valence-corrected chi connectivity index (χ2v) is 11.7. The van der Waals surface area contributed by atoms with Crippen molar-refractivity contribution in [3.8, 4) is 0 Å². The summed E-state index contributed by atoms with van der Waals surface area (Å²) < 4.78 is 42.2. The van der Waals surface area contributed by atoms with Gasteiger partial charge in [0.2, 0.25) is 11.8 Å². The van der Waals surface area contributed by atoms with Crippen LogP contribution in [0.3, 0.4) is 0 Å². The van der Waals surface area contributed by atoms with Crippen molar-refractivity contribution < 1.29 is 22.4 Å². The quantitative estimate of drug-likeness (QED) is 0.337. The number of nitrogens with zero attached hydrogens (tertiary/aromatic N) is 2.